The van der Waals surface area contributed by atoms with Crippen LogP contribution in [0.4, 0.5) is 0 Å². The van der Waals surface area contributed by atoms with Crippen LogP contribution in [-0.4, -0.2) is 40.3 Å². The fourth-order valence-corrected chi connectivity index (χ4v) is 3.72. The molecule has 0 atom stereocenters. The van der Waals surface area contributed by atoms with Gasteiger partial charge in [-0.05, 0) is 24.3 Å². The SMILES string of the molecule is O=C(O)c1ccc(S(=O)(=O)N2CCc3nc[nH]c3C2)cc1. The van der Waals surface area contributed by atoms with Gasteiger partial charge in [0.1, 0.15) is 0 Å². The molecular weight excluding hydrogens is 294 g/mol. The maximum absolute atomic E-state index is 12.5. The topological polar surface area (TPSA) is 103 Å². The molecule has 0 radical (unpaired) electrons. The van der Waals surface area contributed by atoms with Crippen LogP contribution in [0.3, 0.4) is 0 Å². The number of aromatic carboxylic acids is 1. The van der Waals surface area contributed by atoms with Crippen LogP contribution in [0.2, 0.25) is 0 Å². The molecule has 0 fully saturated rings. The average Bonchev–Trinajstić information content (AvgIpc) is 2.94. The first kappa shape index (κ1) is 13.8. The number of fused-ring (bicyclic) bond motifs is 1. The highest BCUT2D eigenvalue weighted by atomic mass is 32.2. The van der Waals surface area contributed by atoms with Crippen LogP contribution < -0.4 is 0 Å². The molecule has 1 aliphatic rings. The monoisotopic (exact) mass is 307 g/mol. The van der Waals surface area contributed by atoms with Crippen molar-refractivity contribution in [1.29, 1.82) is 0 Å². The first-order valence-corrected chi connectivity index (χ1v) is 7.77. The van der Waals surface area contributed by atoms with Gasteiger partial charge in [-0.2, -0.15) is 4.31 Å². The van der Waals surface area contributed by atoms with Gasteiger partial charge in [-0.3, -0.25) is 0 Å². The Morgan fingerprint density at radius 2 is 2.00 bits per heavy atom. The number of carboxylic acids is 1. The van der Waals surface area contributed by atoms with Crippen molar-refractivity contribution in [3.8, 4) is 0 Å². The van der Waals surface area contributed by atoms with Gasteiger partial charge in [0, 0.05) is 13.0 Å². The fraction of sp³-hybridized carbons (Fsp3) is 0.231. The molecule has 0 aliphatic carbocycles. The van der Waals surface area contributed by atoms with E-state index in [9.17, 15) is 13.2 Å². The number of sulfonamides is 1. The molecule has 21 heavy (non-hydrogen) atoms. The van der Waals surface area contributed by atoms with E-state index in [1.165, 1.54) is 28.6 Å². The lowest BCUT2D eigenvalue weighted by Gasteiger charge is -2.25. The number of imidazole rings is 1. The van der Waals surface area contributed by atoms with Gasteiger partial charge in [-0.15, -0.1) is 0 Å². The Kier molecular flexibility index (Phi) is 3.26. The summed E-state index contributed by atoms with van der Waals surface area (Å²) in [7, 11) is -3.63. The number of H-pyrrole nitrogens is 1. The summed E-state index contributed by atoms with van der Waals surface area (Å²) in [5.41, 5.74) is 1.75. The Morgan fingerprint density at radius 3 is 2.67 bits per heavy atom. The van der Waals surface area contributed by atoms with Crippen molar-refractivity contribution in [3.05, 3.63) is 47.5 Å². The fourth-order valence-electron chi connectivity index (χ4n) is 2.31. The van der Waals surface area contributed by atoms with Gasteiger partial charge in [0.05, 0.1) is 34.7 Å². The Morgan fingerprint density at radius 1 is 1.29 bits per heavy atom. The van der Waals surface area contributed by atoms with Crippen LogP contribution in [0, 0.1) is 0 Å². The van der Waals surface area contributed by atoms with E-state index >= 15 is 0 Å². The Hall–Kier alpha value is -2.19. The van der Waals surface area contributed by atoms with Crippen LogP contribution in [0.5, 0.6) is 0 Å². The van der Waals surface area contributed by atoms with E-state index in [1.807, 2.05) is 0 Å². The van der Waals surface area contributed by atoms with Gasteiger partial charge in [0.2, 0.25) is 10.0 Å². The lowest BCUT2D eigenvalue weighted by Crippen LogP contribution is -2.36. The standard InChI is InChI=1S/C13H13N3O4S/c17-13(18)9-1-3-10(4-2-9)21(19,20)16-6-5-11-12(7-16)15-8-14-11/h1-4,8H,5-7H2,(H,14,15)(H,17,18). The zero-order valence-corrected chi connectivity index (χ0v) is 11.8. The summed E-state index contributed by atoms with van der Waals surface area (Å²) in [6.07, 6.45) is 2.12. The summed E-state index contributed by atoms with van der Waals surface area (Å²) >= 11 is 0. The number of rotatable bonds is 3. The summed E-state index contributed by atoms with van der Waals surface area (Å²) in [5, 5.41) is 8.84. The Bertz CT molecular complexity index is 780. The quantitative estimate of drug-likeness (QED) is 0.875. The number of hydrogen-bond acceptors (Lipinski definition) is 4. The summed E-state index contributed by atoms with van der Waals surface area (Å²) in [5.74, 6) is -1.08. The molecule has 2 aromatic rings. The first-order valence-electron chi connectivity index (χ1n) is 6.33. The first-order chi connectivity index (χ1) is 9.98. The van der Waals surface area contributed by atoms with Crippen LogP contribution in [0.25, 0.3) is 0 Å². The van der Waals surface area contributed by atoms with Crippen molar-refractivity contribution >= 4 is 16.0 Å². The second-order valence-corrected chi connectivity index (χ2v) is 6.68. The molecule has 0 saturated heterocycles. The predicted molar refractivity (Wildman–Crippen MR) is 73.3 cm³/mol. The van der Waals surface area contributed by atoms with Crippen LogP contribution in [0.1, 0.15) is 21.7 Å². The molecule has 1 aliphatic heterocycles. The third-order valence-corrected chi connectivity index (χ3v) is 5.34. The lowest BCUT2D eigenvalue weighted by molar-refractivity contribution is 0.0696. The largest absolute Gasteiger partial charge is 0.478 e. The number of carboxylic acid groups (broad SMARTS) is 1. The summed E-state index contributed by atoms with van der Waals surface area (Å²) in [4.78, 5) is 18.0. The molecule has 8 heteroatoms. The predicted octanol–water partition coefficient (Wildman–Crippen LogP) is 0.855. The van der Waals surface area contributed by atoms with Gasteiger partial charge in [-0.25, -0.2) is 18.2 Å². The zero-order valence-electron chi connectivity index (χ0n) is 11.0. The van der Waals surface area contributed by atoms with Gasteiger partial charge >= 0.3 is 5.97 Å². The molecular formula is C13H13N3O4S. The molecule has 2 N–H and O–H groups in total. The van der Waals surface area contributed by atoms with Crippen molar-refractivity contribution in [1.82, 2.24) is 14.3 Å². The second-order valence-electron chi connectivity index (χ2n) is 4.75. The molecule has 110 valence electrons. The molecule has 0 saturated carbocycles. The number of aromatic amines is 1. The van der Waals surface area contributed by atoms with E-state index in [0.717, 1.165) is 11.4 Å². The molecule has 1 aromatic heterocycles. The average molecular weight is 307 g/mol. The van der Waals surface area contributed by atoms with E-state index < -0.39 is 16.0 Å². The summed E-state index contributed by atoms with van der Waals surface area (Å²) < 4.78 is 26.5. The number of nitrogens with zero attached hydrogens (tertiary/aromatic N) is 2. The maximum atomic E-state index is 12.5. The molecule has 7 nitrogen and oxygen atoms in total. The highest BCUT2D eigenvalue weighted by Crippen LogP contribution is 2.23. The Balaban J connectivity index is 1.89. The molecule has 3 rings (SSSR count). The van der Waals surface area contributed by atoms with E-state index in [1.54, 1.807) is 6.33 Å². The van der Waals surface area contributed by atoms with Gasteiger partial charge in [0.15, 0.2) is 0 Å². The normalized spacial score (nSPS) is 15.6. The Labute approximate surface area is 121 Å². The van der Waals surface area contributed by atoms with Crippen LogP contribution >= 0.6 is 0 Å². The van der Waals surface area contributed by atoms with Crippen molar-refractivity contribution in [2.45, 2.75) is 17.9 Å². The number of nitrogens with one attached hydrogen (secondary N) is 1. The molecule has 0 unspecified atom stereocenters. The number of aromatic nitrogens is 2. The van der Waals surface area contributed by atoms with Crippen molar-refractivity contribution < 1.29 is 18.3 Å². The minimum atomic E-state index is -3.63. The smallest absolute Gasteiger partial charge is 0.335 e. The van der Waals surface area contributed by atoms with Crippen LogP contribution in [0.15, 0.2) is 35.5 Å². The zero-order chi connectivity index (χ0) is 15.0. The van der Waals surface area contributed by atoms with Gasteiger partial charge in [-0.1, -0.05) is 0 Å². The number of benzene rings is 1. The van der Waals surface area contributed by atoms with E-state index in [-0.39, 0.29) is 17.0 Å². The highest BCUT2D eigenvalue weighted by Gasteiger charge is 2.29. The maximum Gasteiger partial charge on any atom is 0.335 e. The van der Waals surface area contributed by atoms with Crippen molar-refractivity contribution in [2.75, 3.05) is 6.54 Å². The highest BCUT2D eigenvalue weighted by molar-refractivity contribution is 7.89. The minimum Gasteiger partial charge on any atom is -0.478 e. The second kappa shape index (κ2) is 4.97. The van der Waals surface area contributed by atoms with Crippen molar-refractivity contribution in [3.63, 3.8) is 0 Å². The number of hydrogen-bond donors (Lipinski definition) is 2. The third-order valence-electron chi connectivity index (χ3n) is 3.48. The molecule has 2 heterocycles. The van der Waals surface area contributed by atoms with Gasteiger partial charge in [0.25, 0.3) is 0 Å². The molecule has 1 aromatic carbocycles. The summed E-state index contributed by atoms with van der Waals surface area (Å²) in [6.45, 7) is 0.610. The summed E-state index contributed by atoms with van der Waals surface area (Å²) in [6, 6.07) is 5.23. The number of carbonyl (C=O) groups is 1. The van der Waals surface area contributed by atoms with Gasteiger partial charge < -0.3 is 10.1 Å². The molecule has 0 spiro atoms. The van der Waals surface area contributed by atoms with Crippen LogP contribution in [-0.2, 0) is 23.0 Å². The van der Waals surface area contributed by atoms with E-state index in [4.69, 9.17) is 5.11 Å². The third kappa shape index (κ3) is 2.43. The molecule has 0 bridgehead atoms. The molecule has 0 amide bonds. The van der Waals surface area contributed by atoms with E-state index in [2.05, 4.69) is 9.97 Å². The minimum absolute atomic E-state index is 0.0587. The lowest BCUT2D eigenvalue weighted by atomic mass is 10.2. The van der Waals surface area contributed by atoms with Crippen molar-refractivity contribution in [2.24, 2.45) is 0 Å². The van der Waals surface area contributed by atoms with E-state index in [0.29, 0.717) is 13.0 Å².